The SMILES string of the molecule is CCOCC(O)CSc1ccc(Br)cc1. The van der Waals surface area contributed by atoms with Crippen LogP contribution in [0.5, 0.6) is 0 Å². The summed E-state index contributed by atoms with van der Waals surface area (Å²) in [5.74, 6) is 0.668. The summed E-state index contributed by atoms with van der Waals surface area (Å²) in [5, 5.41) is 9.54. The molecule has 0 fully saturated rings. The van der Waals surface area contributed by atoms with Gasteiger partial charge in [0.25, 0.3) is 0 Å². The van der Waals surface area contributed by atoms with Crippen LogP contribution in [0.2, 0.25) is 0 Å². The Morgan fingerprint density at radius 2 is 2.07 bits per heavy atom. The Morgan fingerprint density at radius 3 is 2.67 bits per heavy atom. The molecule has 15 heavy (non-hydrogen) atoms. The van der Waals surface area contributed by atoms with Crippen LogP contribution in [0.15, 0.2) is 33.6 Å². The maximum atomic E-state index is 9.54. The van der Waals surface area contributed by atoms with E-state index in [1.165, 1.54) is 0 Å². The van der Waals surface area contributed by atoms with Crippen molar-refractivity contribution in [1.29, 1.82) is 0 Å². The van der Waals surface area contributed by atoms with Crippen molar-refractivity contribution >= 4 is 27.7 Å². The van der Waals surface area contributed by atoms with E-state index in [4.69, 9.17) is 4.74 Å². The molecule has 0 radical (unpaired) electrons. The van der Waals surface area contributed by atoms with Crippen molar-refractivity contribution in [2.24, 2.45) is 0 Å². The lowest BCUT2D eigenvalue weighted by Crippen LogP contribution is -2.17. The highest BCUT2D eigenvalue weighted by atomic mass is 79.9. The number of thioether (sulfide) groups is 1. The van der Waals surface area contributed by atoms with Gasteiger partial charge in [-0.05, 0) is 31.2 Å². The van der Waals surface area contributed by atoms with Crippen molar-refractivity contribution in [2.75, 3.05) is 19.0 Å². The summed E-state index contributed by atoms with van der Waals surface area (Å²) in [6.07, 6.45) is -0.390. The molecule has 1 aromatic rings. The van der Waals surface area contributed by atoms with Gasteiger partial charge in [0.15, 0.2) is 0 Å². The zero-order chi connectivity index (χ0) is 11.1. The molecule has 0 aromatic heterocycles. The second kappa shape index (κ2) is 7.28. The average Bonchev–Trinajstić information content (AvgIpc) is 2.25. The third-order valence-electron chi connectivity index (χ3n) is 1.77. The standard InChI is InChI=1S/C11H15BrO2S/c1-2-14-7-10(13)8-15-11-5-3-9(12)4-6-11/h3-6,10,13H,2,7-8H2,1H3. The number of ether oxygens (including phenoxy) is 1. The van der Waals surface area contributed by atoms with Gasteiger partial charge in [0, 0.05) is 21.7 Å². The normalized spacial score (nSPS) is 12.7. The molecule has 0 heterocycles. The fourth-order valence-corrected chi connectivity index (χ4v) is 2.10. The fourth-order valence-electron chi connectivity index (χ4n) is 1.03. The van der Waals surface area contributed by atoms with Crippen LogP contribution in [0.1, 0.15) is 6.92 Å². The van der Waals surface area contributed by atoms with E-state index in [9.17, 15) is 5.11 Å². The third kappa shape index (κ3) is 5.56. The predicted octanol–water partition coefficient (Wildman–Crippen LogP) is 2.94. The molecule has 0 aliphatic carbocycles. The molecule has 0 saturated carbocycles. The largest absolute Gasteiger partial charge is 0.390 e. The molecular weight excluding hydrogens is 276 g/mol. The van der Waals surface area contributed by atoms with Crippen molar-refractivity contribution in [3.63, 3.8) is 0 Å². The van der Waals surface area contributed by atoms with Crippen LogP contribution < -0.4 is 0 Å². The molecule has 0 bridgehead atoms. The minimum atomic E-state index is -0.390. The highest BCUT2D eigenvalue weighted by Gasteiger charge is 2.04. The first-order valence-corrected chi connectivity index (χ1v) is 6.64. The Labute approximate surface area is 103 Å². The van der Waals surface area contributed by atoms with Crippen molar-refractivity contribution < 1.29 is 9.84 Å². The van der Waals surface area contributed by atoms with E-state index in [0.717, 1.165) is 9.37 Å². The van der Waals surface area contributed by atoms with E-state index in [1.54, 1.807) is 11.8 Å². The summed E-state index contributed by atoms with van der Waals surface area (Å²) in [6.45, 7) is 2.99. The van der Waals surface area contributed by atoms with Crippen molar-refractivity contribution in [3.05, 3.63) is 28.7 Å². The van der Waals surface area contributed by atoms with Gasteiger partial charge in [0.2, 0.25) is 0 Å². The van der Waals surface area contributed by atoms with Gasteiger partial charge in [-0.1, -0.05) is 15.9 Å². The topological polar surface area (TPSA) is 29.5 Å². The number of aliphatic hydroxyl groups is 1. The first-order valence-electron chi connectivity index (χ1n) is 4.86. The number of hydrogen-bond donors (Lipinski definition) is 1. The first-order chi connectivity index (χ1) is 7.22. The van der Waals surface area contributed by atoms with E-state index >= 15 is 0 Å². The van der Waals surface area contributed by atoms with Gasteiger partial charge in [0.05, 0.1) is 12.7 Å². The van der Waals surface area contributed by atoms with E-state index in [2.05, 4.69) is 15.9 Å². The van der Waals surface area contributed by atoms with Crippen LogP contribution in [0.25, 0.3) is 0 Å². The van der Waals surface area contributed by atoms with Gasteiger partial charge in [-0.3, -0.25) is 0 Å². The number of hydrogen-bond acceptors (Lipinski definition) is 3. The lowest BCUT2D eigenvalue weighted by atomic mass is 10.4. The fraction of sp³-hybridized carbons (Fsp3) is 0.455. The first kappa shape index (κ1) is 13.0. The maximum Gasteiger partial charge on any atom is 0.0867 e. The summed E-state index contributed by atoms with van der Waals surface area (Å²) in [7, 11) is 0. The van der Waals surface area contributed by atoms with Gasteiger partial charge in [-0.25, -0.2) is 0 Å². The lowest BCUT2D eigenvalue weighted by molar-refractivity contribution is 0.0551. The Kier molecular flexibility index (Phi) is 6.32. The predicted molar refractivity (Wildman–Crippen MR) is 67.4 cm³/mol. The Morgan fingerprint density at radius 1 is 1.40 bits per heavy atom. The molecule has 0 amide bonds. The second-order valence-corrected chi connectivity index (χ2v) is 5.09. The summed E-state index contributed by atoms with van der Waals surface area (Å²) in [6, 6.07) is 8.05. The Bertz CT molecular complexity index is 276. The summed E-state index contributed by atoms with van der Waals surface area (Å²) in [4.78, 5) is 1.16. The summed E-state index contributed by atoms with van der Waals surface area (Å²) in [5.41, 5.74) is 0. The smallest absolute Gasteiger partial charge is 0.0867 e. The molecule has 0 spiro atoms. The number of halogens is 1. The molecule has 84 valence electrons. The van der Waals surface area contributed by atoms with Crippen LogP contribution in [0.4, 0.5) is 0 Å². The quantitative estimate of drug-likeness (QED) is 0.817. The summed E-state index contributed by atoms with van der Waals surface area (Å²) >= 11 is 5.02. The van der Waals surface area contributed by atoms with Crippen LogP contribution in [-0.2, 0) is 4.74 Å². The highest BCUT2D eigenvalue weighted by Crippen LogP contribution is 2.21. The van der Waals surface area contributed by atoms with Crippen molar-refractivity contribution in [1.82, 2.24) is 0 Å². The van der Waals surface area contributed by atoms with Gasteiger partial charge in [0.1, 0.15) is 0 Å². The summed E-state index contributed by atoms with van der Waals surface area (Å²) < 4.78 is 6.20. The second-order valence-electron chi connectivity index (χ2n) is 3.08. The lowest BCUT2D eigenvalue weighted by Gasteiger charge is -2.09. The molecule has 1 atom stereocenters. The van der Waals surface area contributed by atoms with E-state index < -0.39 is 6.10 Å². The van der Waals surface area contributed by atoms with Gasteiger partial charge in [-0.2, -0.15) is 0 Å². The molecule has 2 nitrogen and oxygen atoms in total. The molecule has 0 saturated heterocycles. The van der Waals surface area contributed by atoms with Crippen LogP contribution >= 0.6 is 27.7 Å². The highest BCUT2D eigenvalue weighted by molar-refractivity contribution is 9.10. The molecule has 4 heteroatoms. The minimum absolute atomic E-state index is 0.390. The molecule has 1 N–H and O–H groups in total. The van der Waals surface area contributed by atoms with Crippen LogP contribution in [0, 0.1) is 0 Å². The zero-order valence-electron chi connectivity index (χ0n) is 8.65. The molecule has 1 unspecified atom stereocenters. The van der Waals surface area contributed by atoms with E-state index in [0.29, 0.717) is 19.0 Å². The monoisotopic (exact) mass is 290 g/mol. The Balaban J connectivity index is 2.27. The number of rotatable bonds is 6. The van der Waals surface area contributed by atoms with Gasteiger partial charge in [-0.15, -0.1) is 11.8 Å². The molecule has 0 aliphatic heterocycles. The molecule has 0 aliphatic rings. The minimum Gasteiger partial charge on any atom is -0.390 e. The Hall–Kier alpha value is -0.0300. The maximum absolute atomic E-state index is 9.54. The van der Waals surface area contributed by atoms with Gasteiger partial charge >= 0.3 is 0 Å². The molecule has 1 rings (SSSR count). The van der Waals surface area contributed by atoms with Crippen molar-refractivity contribution in [2.45, 2.75) is 17.9 Å². The van der Waals surface area contributed by atoms with Crippen molar-refractivity contribution in [3.8, 4) is 0 Å². The van der Waals surface area contributed by atoms with Crippen LogP contribution in [0.3, 0.4) is 0 Å². The van der Waals surface area contributed by atoms with Crippen LogP contribution in [-0.4, -0.2) is 30.2 Å². The number of benzene rings is 1. The van der Waals surface area contributed by atoms with E-state index in [1.807, 2.05) is 31.2 Å². The number of aliphatic hydroxyl groups excluding tert-OH is 1. The average molecular weight is 291 g/mol. The third-order valence-corrected chi connectivity index (χ3v) is 3.46. The van der Waals surface area contributed by atoms with E-state index in [-0.39, 0.29) is 0 Å². The van der Waals surface area contributed by atoms with Gasteiger partial charge < -0.3 is 9.84 Å². The molecular formula is C11H15BrO2S. The molecule has 1 aromatic carbocycles. The zero-order valence-corrected chi connectivity index (χ0v) is 11.1.